The van der Waals surface area contributed by atoms with Gasteiger partial charge in [-0.2, -0.15) is 13.9 Å². The molecule has 0 unspecified atom stereocenters. The number of aryl methyl sites for hydroxylation is 1. The van der Waals surface area contributed by atoms with Crippen molar-refractivity contribution in [2.75, 3.05) is 0 Å². The van der Waals surface area contributed by atoms with Gasteiger partial charge in [0.2, 0.25) is 0 Å². The van der Waals surface area contributed by atoms with Crippen LogP contribution in [-0.2, 0) is 6.42 Å². The Balaban J connectivity index is 2.03. The third-order valence-electron chi connectivity index (χ3n) is 3.46. The molecule has 2 heterocycles. The van der Waals surface area contributed by atoms with Crippen molar-refractivity contribution >= 4 is 21.4 Å². The largest absolute Gasteiger partial charge is 0.435 e. The number of aromatic nitrogens is 2. The Morgan fingerprint density at radius 2 is 2.05 bits per heavy atom. The molecule has 6 heteroatoms. The van der Waals surface area contributed by atoms with Crippen LogP contribution in [0.1, 0.15) is 16.8 Å². The van der Waals surface area contributed by atoms with Crippen LogP contribution in [-0.4, -0.2) is 16.2 Å². The molecule has 0 saturated carbocycles. The predicted octanol–water partition coefficient (Wildman–Crippen LogP) is 4.60. The van der Waals surface area contributed by atoms with Crippen LogP contribution in [0.3, 0.4) is 0 Å². The van der Waals surface area contributed by atoms with Gasteiger partial charge in [-0.25, -0.2) is 4.52 Å². The molecule has 22 heavy (non-hydrogen) atoms. The zero-order valence-corrected chi connectivity index (χ0v) is 13.3. The van der Waals surface area contributed by atoms with Crippen LogP contribution in [0, 0.1) is 6.92 Å². The first-order valence-electron chi connectivity index (χ1n) is 6.70. The molecule has 0 aliphatic rings. The summed E-state index contributed by atoms with van der Waals surface area (Å²) in [5.41, 5.74) is 3.51. The first-order valence-corrected chi connectivity index (χ1v) is 7.50. The molecule has 114 valence electrons. The molecule has 0 amide bonds. The summed E-state index contributed by atoms with van der Waals surface area (Å²) in [4.78, 5) is 0. The summed E-state index contributed by atoms with van der Waals surface area (Å²) in [6, 6.07) is 10.7. The summed E-state index contributed by atoms with van der Waals surface area (Å²) >= 11 is 3.44. The normalized spacial score (nSPS) is 11.3. The molecule has 1 aromatic carbocycles. The second-order valence-corrected chi connectivity index (χ2v) is 5.82. The monoisotopic (exact) mass is 366 g/mol. The number of alkyl halides is 2. The lowest BCUT2D eigenvalue weighted by Gasteiger charge is -2.10. The van der Waals surface area contributed by atoms with E-state index >= 15 is 0 Å². The van der Waals surface area contributed by atoms with Gasteiger partial charge in [-0.1, -0.05) is 34.1 Å². The Morgan fingerprint density at radius 3 is 2.82 bits per heavy atom. The lowest BCUT2D eigenvalue weighted by Crippen LogP contribution is -2.04. The van der Waals surface area contributed by atoms with E-state index in [1.807, 2.05) is 31.3 Å². The minimum absolute atomic E-state index is 0.200. The van der Waals surface area contributed by atoms with Gasteiger partial charge in [0.1, 0.15) is 5.75 Å². The van der Waals surface area contributed by atoms with Gasteiger partial charge < -0.3 is 4.74 Å². The summed E-state index contributed by atoms with van der Waals surface area (Å²) in [6.07, 6.45) is 2.34. The van der Waals surface area contributed by atoms with Gasteiger partial charge in [0.25, 0.3) is 0 Å². The lowest BCUT2D eigenvalue weighted by molar-refractivity contribution is -0.0503. The zero-order chi connectivity index (χ0) is 15.7. The number of nitrogens with zero attached hydrogens (tertiary/aromatic N) is 2. The van der Waals surface area contributed by atoms with Crippen LogP contribution < -0.4 is 4.74 Å². The maximum Gasteiger partial charge on any atom is 0.387 e. The molecule has 0 bridgehead atoms. The number of hydrogen-bond donors (Lipinski definition) is 0. The van der Waals surface area contributed by atoms with Crippen molar-refractivity contribution in [1.82, 2.24) is 9.61 Å². The lowest BCUT2D eigenvalue weighted by atomic mass is 10.0. The van der Waals surface area contributed by atoms with Crippen LogP contribution >= 0.6 is 15.9 Å². The Hall–Kier alpha value is -1.95. The second-order valence-electron chi connectivity index (χ2n) is 4.90. The Labute approximate surface area is 134 Å². The standard InChI is InChI=1S/C16H13BrF2N2O/c1-10-13(14-9-12(17)6-7-21(14)20-10)8-11-4-2-3-5-15(11)22-16(18)19/h2-7,9,16H,8H2,1H3. The van der Waals surface area contributed by atoms with Crippen molar-refractivity contribution < 1.29 is 13.5 Å². The molecule has 3 nitrogen and oxygen atoms in total. The molecule has 0 fully saturated rings. The van der Waals surface area contributed by atoms with E-state index in [1.54, 1.807) is 22.7 Å². The Bertz CT molecular complexity index is 817. The molecule has 0 aliphatic carbocycles. The van der Waals surface area contributed by atoms with E-state index in [0.29, 0.717) is 12.0 Å². The first kappa shape index (κ1) is 15.0. The quantitative estimate of drug-likeness (QED) is 0.674. The Morgan fingerprint density at radius 1 is 1.27 bits per heavy atom. The van der Waals surface area contributed by atoms with Gasteiger partial charge >= 0.3 is 6.61 Å². The van der Waals surface area contributed by atoms with Gasteiger partial charge in [-0.05, 0) is 30.7 Å². The van der Waals surface area contributed by atoms with Gasteiger partial charge in [-0.3, -0.25) is 0 Å². The molecule has 0 atom stereocenters. The minimum atomic E-state index is -2.83. The first-order chi connectivity index (χ1) is 10.5. The van der Waals surface area contributed by atoms with Crippen LogP contribution in [0.25, 0.3) is 5.52 Å². The van der Waals surface area contributed by atoms with Crippen molar-refractivity contribution in [2.45, 2.75) is 20.0 Å². The summed E-state index contributed by atoms with van der Waals surface area (Å²) in [5.74, 6) is 0.200. The fraction of sp³-hybridized carbons (Fsp3) is 0.188. The SMILES string of the molecule is Cc1nn2ccc(Br)cc2c1Cc1ccccc1OC(F)F. The predicted molar refractivity (Wildman–Crippen MR) is 83.5 cm³/mol. The number of halogens is 3. The number of rotatable bonds is 4. The molecule has 0 aliphatic heterocycles. The maximum atomic E-state index is 12.5. The highest BCUT2D eigenvalue weighted by Gasteiger charge is 2.14. The summed E-state index contributed by atoms with van der Waals surface area (Å²) in [5, 5.41) is 4.45. The van der Waals surface area contributed by atoms with E-state index in [-0.39, 0.29) is 5.75 Å². The van der Waals surface area contributed by atoms with Crippen molar-refractivity contribution in [2.24, 2.45) is 0 Å². The topological polar surface area (TPSA) is 26.5 Å². The van der Waals surface area contributed by atoms with E-state index in [2.05, 4.69) is 25.8 Å². The fourth-order valence-electron chi connectivity index (χ4n) is 2.46. The van der Waals surface area contributed by atoms with Crippen molar-refractivity contribution in [1.29, 1.82) is 0 Å². The maximum absolute atomic E-state index is 12.5. The van der Waals surface area contributed by atoms with Gasteiger partial charge in [0.05, 0.1) is 11.2 Å². The molecular formula is C16H13BrF2N2O. The highest BCUT2D eigenvalue weighted by molar-refractivity contribution is 9.10. The zero-order valence-electron chi connectivity index (χ0n) is 11.8. The van der Waals surface area contributed by atoms with Crippen LogP contribution in [0.15, 0.2) is 47.1 Å². The number of benzene rings is 1. The molecule has 0 spiro atoms. The van der Waals surface area contributed by atoms with E-state index < -0.39 is 6.61 Å². The second kappa shape index (κ2) is 6.04. The van der Waals surface area contributed by atoms with E-state index in [4.69, 9.17) is 0 Å². The molecular weight excluding hydrogens is 354 g/mol. The molecule has 0 N–H and O–H groups in total. The summed E-state index contributed by atoms with van der Waals surface area (Å²) in [6.45, 7) is -0.924. The molecule has 0 saturated heterocycles. The van der Waals surface area contributed by atoms with Crippen LogP contribution in [0.2, 0.25) is 0 Å². The molecule has 3 aromatic rings. The molecule has 2 aromatic heterocycles. The van der Waals surface area contributed by atoms with Crippen LogP contribution in [0.5, 0.6) is 5.75 Å². The summed E-state index contributed by atoms with van der Waals surface area (Å²) in [7, 11) is 0. The number of fused-ring (bicyclic) bond motifs is 1. The Kier molecular flexibility index (Phi) is 4.11. The van der Waals surface area contributed by atoms with E-state index in [0.717, 1.165) is 21.2 Å². The van der Waals surface area contributed by atoms with Crippen molar-refractivity contribution in [3.05, 3.63) is 63.9 Å². The van der Waals surface area contributed by atoms with Crippen molar-refractivity contribution in [3.8, 4) is 5.75 Å². The number of hydrogen-bond acceptors (Lipinski definition) is 2. The number of para-hydroxylation sites is 1. The number of pyridine rings is 1. The van der Waals surface area contributed by atoms with E-state index in [9.17, 15) is 8.78 Å². The van der Waals surface area contributed by atoms with Crippen LogP contribution in [0.4, 0.5) is 8.78 Å². The molecule has 0 radical (unpaired) electrons. The van der Waals surface area contributed by atoms with E-state index in [1.165, 1.54) is 0 Å². The highest BCUT2D eigenvalue weighted by Crippen LogP contribution is 2.27. The van der Waals surface area contributed by atoms with Gasteiger partial charge in [0, 0.05) is 22.7 Å². The highest BCUT2D eigenvalue weighted by atomic mass is 79.9. The summed E-state index contributed by atoms with van der Waals surface area (Å²) < 4.78 is 32.4. The smallest absolute Gasteiger partial charge is 0.387 e. The minimum Gasteiger partial charge on any atom is -0.435 e. The average Bonchev–Trinajstić information content (AvgIpc) is 2.76. The third kappa shape index (κ3) is 2.97. The molecule has 3 rings (SSSR count). The fourth-order valence-corrected chi connectivity index (χ4v) is 2.79. The van der Waals surface area contributed by atoms with Gasteiger partial charge in [0.15, 0.2) is 0 Å². The number of ether oxygens (including phenoxy) is 1. The van der Waals surface area contributed by atoms with Crippen molar-refractivity contribution in [3.63, 3.8) is 0 Å². The average molecular weight is 367 g/mol. The third-order valence-corrected chi connectivity index (χ3v) is 3.95. The van der Waals surface area contributed by atoms with Gasteiger partial charge in [-0.15, -0.1) is 0 Å².